The molecule has 0 fully saturated rings. The lowest BCUT2D eigenvalue weighted by molar-refractivity contribution is 0.102. The summed E-state index contributed by atoms with van der Waals surface area (Å²) in [6.07, 6.45) is 7.06. The van der Waals surface area contributed by atoms with E-state index >= 15 is 0 Å². The molecule has 0 saturated carbocycles. The van der Waals surface area contributed by atoms with Gasteiger partial charge in [0.25, 0.3) is 5.91 Å². The Labute approximate surface area is 231 Å². The molecule has 4 N–H and O–H groups in total. The number of carbonyl (C=O) groups is 2. The molecule has 0 spiro atoms. The highest BCUT2D eigenvalue weighted by molar-refractivity contribution is 6.03. The van der Waals surface area contributed by atoms with E-state index in [-0.39, 0.29) is 11.9 Å². The number of ether oxygens (including phenoxy) is 1. The molecule has 0 aliphatic carbocycles. The first-order chi connectivity index (χ1) is 19.6. The molecule has 0 saturated heterocycles. The van der Waals surface area contributed by atoms with Crippen LogP contribution >= 0.6 is 0 Å². The van der Waals surface area contributed by atoms with Crippen LogP contribution in [-0.4, -0.2) is 33.5 Å². The van der Waals surface area contributed by atoms with E-state index in [0.717, 1.165) is 22.3 Å². The molecule has 0 aliphatic heterocycles. The van der Waals surface area contributed by atoms with Crippen LogP contribution in [-0.2, 0) is 13.0 Å². The van der Waals surface area contributed by atoms with Gasteiger partial charge in [0.15, 0.2) is 0 Å². The number of benzene rings is 3. The number of aromatic nitrogens is 3. The van der Waals surface area contributed by atoms with E-state index in [9.17, 15) is 9.59 Å². The van der Waals surface area contributed by atoms with E-state index in [2.05, 4.69) is 43.0 Å². The second-order valence-electron chi connectivity index (χ2n) is 8.95. The average molecular weight is 533 g/mol. The van der Waals surface area contributed by atoms with Crippen LogP contribution in [0, 0.1) is 0 Å². The minimum Gasteiger partial charge on any atom is -0.493 e. The van der Waals surface area contributed by atoms with Gasteiger partial charge in [0.1, 0.15) is 11.4 Å². The molecule has 0 radical (unpaired) electrons. The normalized spacial score (nSPS) is 10.5. The topological polar surface area (TPSA) is 121 Å². The van der Waals surface area contributed by atoms with Crippen LogP contribution in [0.25, 0.3) is 11.1 Å². The largest absolute Gasteiger partial charge is 0.493 e. The summed E-state index contributed by atoms with van der Waals surface area (Å²) >= 11 is 0. The van der Waals surface area contributed by atoms with Crippen molar-refractivity contribution < 1.29 is 14.3 Å². The van der Waals surface area contributed by atoms with Crippen molar-refractivity contribution >= 4 is 23.3 Å². The minimum absolute atomic E-state index is 0.247. The SMILES string of the molecule is O=C(NCc1cccnc1)Nc1ccc(OCCc2ccccc2-c2cccc(NC(=O)c3cnc[nH]3)c2)cc1. The van der Waals surface area contributed by atoms with Gasteiger partial charge in [0.05, 0.1) is 19.1 Å². The lowest BCUT2D eigenvalue weighted by Crippen LogP contribution is -2.28. The molecule has 0 unspecified atom stereocenters. The Balaban J connectivity index is 1.14. The summed E-state index contributed by atoms with van der Waals surface area (Å²) in [4.78, 5) is 35.3. The summed E-state index contributed by atoms with van der Waals surface area (Å²) in [5, 5.41) is 8.52. The van der Waals surface area contributed by atoms with Crippen molar-refractivity contribution in [1.82, 2.24) is 20.3 Å². The molecule has 5 aromatic rings. The second-order valence-corrected chi connectivity index (χ2v) is 8.95. The van der Waals surface area contributed by atoms with E-state index in [1.165, 1.54) is 12.5 Å². The third-order valence-electron chi connectivity index (χ3n) is 6.12. The number of carbonyl (C=O) groups excluding carboxylic acids is 2. The maximum Gasteiger partial charge on any atom is 0.319 e. The lowest BCUT2D eigenvalue weighted by atomic mass is 9.97. The summed E-state index contributed by atoms with van der Waals surface area (Å²) < 4.78 is 5.98. The number of H-pyrrole nitrogens is 1. The van der Waals surface area contributed by atoms with Crippen LogP contribution in [0.4, 0.5) is 16.2 Å². The van der Waals surface area contributed by atoms with E-state index in [4.69, 9.17) is 4.74 Å². The lowest BCUT2D eigenvalue weighted by Gasteiger charge is -2.13. The molecular weight excluding hydrogens is 504 g/mol. The molecular formula is C31H28N6O3. The smallest absolute Gasteiger partial charge is 0.319 e. The Kier molecular flexibility index (Phi) is 8.43. The van der Waals surface area contributed by atoms with Gasteiger partial charge in [-0.15, -0.1) is 0 Å². The van der Waals surface area contributed by atoms with Crippen LogP contribution in [0.2, 0.25) is 0 Å². The zero-order valence-corrected chi connectivity index (χ0v) is 21.6. The van der Waals surface area contributed by atoms with Crippen molar-refractivity contribution in [2.75, 3.05) is 17.2 Å². The van der Waals surface area contributed by atoms with Gasteiger partial charge in [-0.3, -0.25) is 9.78 Å². The highest BCUT2D eigenvalue weighted by atomic mass is 16.5. The third-order valence-corrected chi connectivity index (χ3v) is 6.12. The van der Waals surface area contributed by atoms with Crippen molar-refractivity contribution in [1.29, 1.82) is 0 Å². The number of anilines is 2. The van der Waals surface area contributed by atoms with Crippen LogP contribution in [0.15, 0.2) is 110 Å². The number of rotatable bonds is 10. The highest BCUT2D eigenvalue weighted by Crippen LogP contribution is 2.27. The number of amides is 3. The van der Waals surface area contributed by atoms with Crippen molar-refractivity contribution in [3.8, 4) is 16.9 Å². The summed E-state index contributed by atoms with van der Waals surface area (Å²) in [5.41, 5.74) is 5.88. The van der Waals surface area contributed by atoms with Gasteiger partial charge in [-0.2, -0.15) is 0 Å². The quantitative estimate of drug-likeness (QED) is 0.185. The molecule has 5 rings (SSSR count). The molecule has 0 aliphatic rings. The molecule has 0 atom stereocenters. The van der Waals surface area contributed by atoms with Gasteiger partial charge in [-0.25, -0.2) is 9.78 Å². The Morgan fingerprint density at radius 2 is 1.70 bits per heavy atom. The average Bonchev–Trinajstić information content (AvgIpc) is 3.54. The molecule has 9 nitrogen and oxygen atoms in total. The van der Waals surface area contributed by atoms with Crippen molar-refractivity contribution in [2.45, 2.75) is 13.0 Å². The Bertz CT molecular complexity index is 1550. The van der Waals surface area contributed by atoms with Gasteiger partial charge in [-0.05, 0) is 64.7 Å². The zero-order chi connectivity index (χ0) is 27.6. The first-order valence-electron chi connectivity index (χ1n) is 12.8. The maximum atomic E-state index is 12.4. The Morgan fingerprint density at radius 1 is 0.825 bits per heavy atom. The molecule has 40 heavy (non-hydrogen) atoms. The maximum absolute atomic E-state index is 12.4. The highest BCUT2D eigenvalue weighted by Gasteiger charge is 2.10. The number of nitrogens with one attached hydrogen (secondary N) is 4. The molecule has 3 aromatic carbocycles. The summed E-state index contributed by atoms with van der Waals surface area (Å²) in [6, 6.07) is 26.6. The number of aromatic amines is 1. The third kappa shape index (κ3) is 7.11. The summed E-state index contributed by atoms with van der Waals surface area (Å²) in [7, 11) is 0. The van der Waals surface area contributed by atoms with Crippen LogP contribution in [0.5, 0.6) is 5.75 Å². The fourth-order valence-electron chi connectivity index (χ4n) is 4.14. The second kappa shape index (κ2) is 12.9. The van der Waals surface area contributed by atoms with E-state index in [0.29, 0.717) is 42.4 Å². The molecule has 2 aromatic heterocycles. The fourth-order valence-corrected chi connectivity index (χ4v) is 4.14. The van der Waals surface area contributed by atoms with Gasteiger partial charge >= 0.3 is 6.03 Å². The molecule has 2 heterocycles. The standard InChI is InChI=1S/C31H28N6O3/c38-30(29-20-33-21-35-29)36-26-8-3-7-24(17-26)28-9-2-1-6-23(28)14-16-40-27-12-10-25(11-13-27)37-31(39)34-19-22-5-4-15-32-18-22/h1-13,15,17-18,20-21H,14,16,19H2,(H,33,35)(H,36,38)(H2,34,37,39). The number of hydrogen-bond donors (Lipinski definition) is 4. The summed E-state index contributed by atoms with van der Waals surface area (Å²) in [6.45, 7) is 0.873. The molecule has 3 amide bonds. The Morgan fingerprint density at radius 3 is 2.50 bits per heavy atom. The van der Waals surface area contributed by atoms with Crippen LogP contribution < -0.4 is 20.7 Å². The van der Waals surface area contributed by atoms with Gasteiger partial charge in [0.2, 0.25) is 0 Å². The number of imidazole rings is 1. The zero-order valence-electron chi connectivity index (χ0n) is 21.6. The predicted molar refractivity (Wildman–Crippen MR) is 154 cm³/mol. The van der Waals surface area contributed by atoms with Gasteiger partial charge in [0, 0.05) is 36.7 Å². The van der Waals surface area contributed by atoms with Gasteiger partial charge in [-0.1, -0.05) is 42.5 Å². The number of hydrogen-bond acceptors (Lipinski definition) is 5. The van der Waals surface area contributed by atoms with Crippen molar-refractivity contribution in [3.05, 3.63) is 127 Å². The Hall–Kier alpha value is -5.44. The van der Waals surface area contributed by atoms with Crippen molar-refractivity contribution in [2.24, 2.45) is 0 Å². The minimum atomic E-state index is -0.293. The molecule has 0 bridgehead atoms. The van der Waals surface area contributed by atoms with E-state index in [1.807, 2.05) is 60.7 Å². The first kappa shape index (κ1) is 26.2. The van der Waals surface area contributed by atoms with Crippen LogP contribution in [0.1, 0.15) is 21.6 Å². The van der Waals surface area contributed by atoms with E-state index < -0.39 is 0 Å². The van der Waals surface area contributed by atoms with Gasteiger partial charge < -0.3 is 25.7 Å². The molecule has 200 valence electrons. The number of urea groups is 1. The number of nitrogens with zero attached hydrogens (tertiary/aromatic N) is 2. The number of pyridine rings is 1. The fraction of sp³-hybridized carbons (Fsp3) is 0.0968. The first-order valence-corrected chi connectivity index (χ1v) is 12.8. The summed E-state index contributed by atoms with van der Waals surface area (Å²) in [5.74, 6) is 0.463. The molecule has 9 heteroatoms. The van der Waals surface area contributed by atoms with Crippen LogP contribution in [0.3, 0.4) is 0 Å². The monoisotopic (exact) mass is 532 g/mol. The van der Waals surface area contributed by atoms with Crippen molar-refractivity contribution in [3.63, 3.8) is 0 Å². The predicted octanol–water partition coefficient (Wildman–Crippen LogP) is 5.67. The van der Waals surface area contributed by atoms with E-state index in [1.54, 1.807) is 24.5 Å².